The van der Waals surface area contributed by atoms with Crippen LogP contribution in [0.5, 0.6) is 0 Å². The van der Waals surface area contributed by atoms with Crippen molar-refractivity contribution in [2.75, 3.05) is 20.8 Å². The van der Waals surface area contributed by atoms with Crippen molar-refractivity contribution in [2.45, 2.75) is 19.6 Å². The topological polar surface area (TPSA) is 73.4 Å². The SMILES string of the molecule is COCCn1cnnc1CN(C)Cc1c(-c2ccccc2)nc2ncccn12. The van der Waals surface area contributed by atoms with Crippen LogP contribution >= 0.6 is 0 Å². The summed E-state index contributed by atoms with van der Waals surface area (Å²) < 4.78 is 9.24. The fourth-order valence-electron chi connectivity index (χ4n) is 3.24. The molecule has 0 N–H and O–H groups in total. The largest absolute Gasteiger partial charge is 0.383 e. The molecule has 0 unspecified atom stereocenters. The molecular weight excluding hydrogens is 354 g/mol. The van der Waals surface area contributed by atoms with Crippen molar-refractivity contribution in [2.24, 2.45) is 0 Å². The molecule has 144 valence electrons. The standard InChI is InChI=1S/C20H23N7O/c1-25(14-18-24-22-15-26(18)11-12-28-2)13-17-19(16-7-4-3-5-8-16)23-20-21-9-6-10-27(17)20/h3-10,15H,11-14H2,1-2H3. The normalized spacial score (nSPS) is 11.5. The summed E-state index contributed by atoms with van der Waals surface area (Å²) in [5.74, 6) is 1.61. The van der Waals surface area contributed by atoms with Crippen LogP contribution in [0.1, 0.15) is 11.5 Å². The second-order valence-electron chi connectivity index (χ2n) is 6.67. The zero-order valence-corrected chi connectivity index (χ0v) is 16.1. The van der Waals surface area contributed by atoms with E-state index in [2.05, 4.69) is 43.7 Å². The minimum absolute atomic E-state index is 0.631. The molecule has 4 aromatic rings. The summed E-state index contributed by atoms with van der Waals surface area (Å²) in [7, 11) is 3.76. The van der Waals surface area contributed by atoms with E-state index in [1.165, 1.54) is 0 Å². The van der Waals surface area contributed by atoms with Crippen LogP contribution in [0.15, 0.2) is 55.1 Å². The number of imidazole rings is 1. The highest BCUT2D eigenvalue weighted by atomic mass is 16.5. The monoisotopic (exact) mass is 377 g/mol. The summed E-state index contributed by atoms with van der Waals surface area (Å²) >= 11 is 0. The molecule has 0 saturated carbocycles. The fourth-order valence-corrected chi connectivity index (χ4v) is 3.24. The highest BCUT2D eigenvalue weighted by Gasteiger charge is 2.17. The van der Waals surface area contributed by atoms with E-state index in [0.29, 0.717) is 25.5 Å². The van der Waals surface area contributed by atoms with Crippen LogP contribution in [0.25, 0.3) is 17.0 Å². The molecule has 0 spiro atoms. The van der Waals surface area contributed by atoms with Gasteiger partial charge in [-0.1, -0.05) is 30.3 Å². The van der Waals surface area contributed by atoms with Crippen LogP contribution in [0.3, 0.4) is 0 Å². The number of hydrogen-bond acceptors (Lipinski definition) is 6. The predicted molar refractivity (Wildman–Crippen MR) is 105 cm³/mol. The first-order valence-electron chi connectivity index (χ1n) is 9.18. The molecule has 0 radical (unpaired) electrons. The van der Waals surface area contributed by atoms with E-state index in [1.807, 2.05) is 35.0 Å². The van der Waals surface area contributed by atoms with Crippen molar-refractivity contribution >= 4 is 5.78 Å². The molecule has 0 fully saturated rings. The zero-order chi connectivity index (χ0) is 19.3. The Bertz CT molecular complexity index is 1040. The smallest absolute Gasteiger partial charge is 0.234 e. The van der Waals surface area contributed by atoms with Gasteiger partial charge in [0, 0.05) is 38.2 Å². The molecule has 3 heterocycles. The van der Waals surface area contributed by atoms with Crippen molar-refractivity contribution in [3.05, 3.63) is 66.6 Å². The first-order valence-corrected chi connectivity index (χ1v) is 9.18. The van der Waals surface area contributed by atoms with Gasteiger partial charge in [0.05, 0.1) is 24.5 Å². The molecule has 0 aliphatic heterocycles. The Balaban J connectivity index is 1.61. The Hall–Kier alpha value is -3.10. The van der Waals surface area contributed by atoms with Gasteiger partial charge in [-0.05, 0) is 13.1 Å². The third kappa shape index (κ3) is 3.78. The maximum absolute atomic E-state index is 5.16. The fraction of sp³-hybridized carbons (Fsp3) is 0.300. The van der Waals surface area contributed by atoms with Gasteiger partial charge in [0.1, 0.15) is 12.2 Å². The average molecular weight is 377 g/mol. The molecule has 4 rings (SSSR count). The predicted octanol–water partition coefficient (Wildman–Crippen LogP) is 2.27. The van der Waals surface area contributed by atoms with Gasteiger partial charge in [-0.3, -0.25) is 9.30 Å². The number of benzene rings is 1. The lowest BCUT2D eigenvalue weighted by Crippen LogP contribution is -2.22. The lowest BCUT2D eigenvalue weighted by molar-refractivity contribution is 0.184. The van der Waals surface area contributed by atoms with Crippen molar-refractivity contribution < 1.29 is 4.74 Å². The first-order chi connectivity index (χ1) is 13.8. The van der Waals surface area contributed by atoms with E-state index >= 15 is 0 Å². The molecule has 1 aromatic carbocycles. The van der Waals surface area contributed by atoms with Crippen LogP contribution in [-0.4, -0.2) is 54.8 Å². The van der Waals surface area contributed by atoms with Gasteiger partial charge in [-0.15, -0.1) is 10.2 Å². The van der Waals surface area contributed by atoms with Gasteiger partial charge in [0.2, 0.25) is 5.78 Å². The van der Waals surface area contributed by atoms with Crippen LogP contribution in [0, 0.1) is 0 Å². The number of aromatic nitrogens is 6. The lowest BCUT2D eigenvalue weighted by atomic mass is 10.1. The second kappa shape index (κ2) is 8.28. The van der Waals surface area contributed by atoms with E-state index in [-0.39, 0.29) is 0 Å². The second-order valence-corrected chi connectivity index (χ2v) is 6.67. The number of rotatable bonds is 8. The summed E-state index contributed by atoms with van der Waals surface area (Å²) in [4.78, 5) is 11.4. The minimum Gasteiger partial charge on any atom is -0.383 e. The Morgan fingerprint density at radius 2 is 1.96 bits per heavy atom. The summed E-state index contributed by atoms with van der Waals surface area (Å²) in [6.07, 6.45) is 5.52. The Morgan fingerprint density at radius 3 is 2.79 bits per heavy atom. The van der Waals surface area contributed by atoms with E-state index in [0.717, 1.165) is 29.3 Å². The zero-order valence-electron chi connectivity index (χ0n) is 16.1. The van der Waals surface area contributed by atoms with Crippen LogP contribution in [0.2, 0.25) is 0 Å². The van der Waals surface area contributed by atoms with E-state index in [9.17, 15) is 0 Å². The summed E-state index contributed by atoms with van der Waals surface area (Å²) in [6, 6.07) is 12.1. The summed E-state index contributed by atoms with van der Waals surface area (Å²) in [5.41, 5.74) is 3.13. The van der Waals surface area contributed by atoms with E-state index in [1.54, 1.807) is 19.6 Å². The molecule has 28 heavy (non-hydrogen) atoms. The molecule has 0 saturated heterocycles. The quantitative estimate of drug-likeness (QED) is 0.469. The van der Waals surface area contributed by atoms with Crippen molar-refractivity contribution in [1.29, 1.82) is 0 Å². The first kappa shape index (κ1) is 18.3. The molecular formula is C20H23N7O. The molecule has 0 aliphatic carbocycles. The van der Waals surface area contributed by atoms with Gasteiger partial charge in [-0.2, -0.15) is 0 Å². The van der Waals surface area contributed by atoms with E-state index < -0.39 is 0 Å². The number of hydrogen-bond donors (Lipinski definition) is 0. The molecule has 0 atom stereocenters. The highest BCUT2D eigenvalue weighted by molar-refractivity contribution is 5.65. The van der Waals surface area contributed by atoms with Crippen molar-refractivity contribution in [3.63, 3.8) is 0 Å². The molecule has 0 bridgehead atoms. The van der Waals surface area contributed by atoms with Crippen LogP contribution in [0.4, 0.5) is 0 Å². The van der Waals surface area contributed by atoms with Gasteiger partial charge in [0.25, 0.3) is 0 Å². The Kier molecular flexibility index (Phi) is 5.41. The number of nitrogens with zero attached hydrogens (tertiary/aromatic N) is 7. The van der Waals surface area contributed by atoms with Crippen LogP contribution < -0.4 is 0 Å². The molecule has 8 nitrogen and oxygen atoms in total. The average Bonchev–Trinajstić information content (AvgIpc) is 3.31. The van der Waals surface area contributed by atoms with Gasteiger partial charge in [-0.25, -0.2) is 9.97 Å². The third-order valence-corrected chi connectivity index (χ3v) is 4.61. The molecule has 3 aromatic heterocycles. The van der Waals surface area contributed by atoms with Crippen molar-refractivity contribution in [3.8, 4) is 11.3 Å². The Morgan fingerprint density at radius 1 is 1.11 bits per heavy atom. The van der Waals surface area contributed by atoms with Crippen LogP contribution in [-0.2, 0) is 24.4 Å². The summed E-state index contributed by atoms with van der Waals surface area (Å²) in [5, 5.41) is 8.31. The van der Waals surface area contributed by atoms with Gasteiger partial charge >= 0.3 is 0 Å². The maximum Gasteiger partial charge on any atom is 0.234 e. The van der Waals surface area contributed by atoms with E-state index in [4.69, 9.17) is 9.72 Å². The number of fused-ring (bicyclic) bond motifs is 1. The number of methoxy groups -OCH3 is 1. The van der Waals surface area contributed by atoms with Gasteiger partial charge in [0.15, 0.2) is 0 Å². The third-order valence-electron chi connectivity index (χ3n) is 4.61. The molecule has 0 aliphatic rings. The lowest BCUT2D eigenvalue weighted by Gasteiger charge is -2.17. The molecule has 8 heteroatoms. The summed E-state index contributed by atoms with van der Waals surface area (Å²) in [6.45, 7) is 2.74. The number of ether oxygens (including phenoxy) is 1. The Labute approximate surface area is 163 Å². The van der Waals surface area contributed by atoms with Crippen molar-refractivity contribution in [1.82, 2.24) is 34.0 Å². The molecule has 0 amide bonds. The minimum atomic E-state index is 0.631. The maximum atomic E-state index is 5.16. The van der Waals surface area contributed by atoms with Gasteiger partial charge < -0.3 is 9.30 Å². The highest BCUT2D eigenvalue weighted by Crippen LogP contribution is 2.24.